The standard InChI is InChI=1S/C16H25NO4SSi/c1-11(18)21-15(19)17-12-8-9-13(20-5)14(10-12)22-23(6,7)16(2,3)4/h8-10H,1-7H3,(H,17,19). The van der Waals surface area contributed by atoms with E-state index in [-0.39, 0.29) is 5.04 Å². The van der Waals surface area contributed by atoms with Crippen LogP contribution in [0.1, 0.15) is 27.7 Å². The van der Waals surface area contributed by atoms with E-state index in [2.05, 4.69) is 43.9 Å². The molecule has 0 atom stereocenters. The lowest BCUT2D eigenvalue weighted by molar-refractivity contribution is -0.134. The molecule has 0 bridgehead atoms. The third-order valence-electron chi connectivity index (χ3n) is 3.82. The van der Waals surface area contributed by atoms with E-state index < -0.39 is 19.3 Å². The number of hydrogen-bond donors (Lipinski definition) is 1. The Bertz CT molecular complexity index is 596. The van der Waals surface area contributed by atoms with Crippen molar-refractivity contribution in [3.05, 3.63) is 18.2 Å². The van der Waals surface area contributed by atoms with Crippen molar-refractivity contribution in [1.82, 2.24) is 0 Å². The molecule has 0 fully saturated rings. The molecule has 0 aliphatic carbocycles. The van der Waals surface area contributed by atoms with E-state index in [4.69, 9.17) is 4.74 Å². The van der Waals surface area contributed by atoms with Gasteiger partial charge < -0.3 is 9.47 Å². The lowest BCUT2D eigenvalue weighted by atomic mass is 10.2. The van der Waals surface area contributed by atoms with E-state index in [1.165, 1.54) is 6.92 Å². The topological polar surface area (TPSA) is 64.6 Å². The summed E-state index contributed by atoms with van der Waals surface area (Å²) in [5.74, 6) is 0.122. The van der Waals surface area contributed by atoms with Gasteiger partial charge in [-0.1, -0.05) is 33.9 Å². The van der Waals surface area contributed by atoms with Gasteiger partial charge in [-0.3, -0.25) is 10.1 Å². The molecule has 5 nitrogen and oxygen atoms in total. The van der Waals surface area contributed by atoms with Crippen molar-refractivity contribution >= 4 is 36.2 Å². The molecule has 1 aromatic rings. The second kappa shape index (κ2) is 7.40. The largest absolute Gasteiger partial charge is 0.496 e. The highest BCUT2D eigenvalue weighted by molar-refractivity contribution is 8.29. The highest BCUT2D eigenvalue weighted by Crippen LogP contribution is 2.48. The van der Waals surface area contributed by atoms with Gasteiger partial charge in [0.15, 0.2) is 0 Å². The average Bonchev–Trinajstić information content (AvgIpc) is 2.36. The van der Waals surface area contributed by atoms with Crippen LogP contribution in [0.15, 0.2) is 23.1 Å². The molecule has 23 heavy (non-hydrogen) atoms. The van der Waals surface area contributed by atoms with Crippen LogP contribution in [0.5, 0.6) is 5.75 Å². The average molecular weight is 356 g/mol. The van der Waals surface area contributed by atoms with Crippen LogP contribution in [0.2, 0.25) is 18.1 Å². The fourth-order valence-electron chi connectivity index (χ4n) is 1.54. The summed E-state index contributed by atoms with van der Waals surface area (Å²) in [6, 6.07) is 5.38. The van der Waals surface area contributed by atoms with Crippen LogP contribution in [0, 0.1) is 0 Å². The molecule has 7 heteroatoms. The Hall–Kier alpha value is -1.47. The number of ether oxygens (including phenoxy) is 2. The number of nitrogens with one attached hydrogen (secondary N) is 1. The van der Waals surface area contributed by atoms with Gasteiger partial charge in [0.25, 0.3) is 0 Å². The first-order valence-electron chi connectivity index (χ1n) is 7.33. The number of methoxy groups -OCH3 is 1. The summed E-state index contributed by atoms with van der Waals surface area (Å²) in [5, 5.41) is 2.76. The SMILES string of the molecule is COc1ccc(NC(=O)OC(C)=O)cc1S[Si](C)(C)C(C)(C)C. The van der Waals surface area contributed by atoms with Gasteiger partial charge in [0.1, 0.15) is 13.0 Å². The summed E-state index contributed by atoms with van der Waals surface area (Å²) in [6.45, 7) is 12.5. The van der Waals surface area contributed by atoms with Crippen molar-refractivity contribution in [2.24, 2.45) is 0 Å². The minimum Gasteiger partial charge on any atom is -0.496 e. The van der Waals surface area contributed by atoms with Crippen LogP contribution in [0.25, 0.3) is 0 Å². The normalized spacial score (nSPS) is 11.8. The first-order valence-corrected chi connectivity index (χ1v) is 11.9. The van der Waals surface area contributed by atoms with Crippen LogP contribution in [0.4, 0.5) is 10.5 Å². The maximum atomic E-state index is 11.5. The Morgan fingerprint density at radius 1 is 1.22 bits per heavy atom. The van der Waals surface area contributed by atoms with Crippen LogP contribution in [-0.2, 0) is 9.53 Å². The Morgan fingerprint density at radius 2 is 1.83 bits per heavy atom. The van der Waals surface area contributed by atoms with E-state index in [1.54, 1.807) is 19.2 Å². The molecule has 0 saturated carbocycles. The molecule has 0 heterocycles. The summed E-state index contributed by atoms with van der Waals surface area (Å²) in [4.78, 5) is 23.3. The number of rotatable bonds is 4. The molecule has 1 N–H and O–H groups in total. The number of benzene rings is 1. The van der Waals surface area contributed by atoms with E-state index in [0.29, 0.717) is 5.69 Å². The quantitative estimate of drug-likeness (QED) is 0.473. The van der Waals surface area contributed by atoms with E-state index in [0.717, 1.165) is 10.6 Å². The highest BCUT2D eigenvalue weighted by Gasteiger charge is 2.37. The summed E-state index contributed by atoms with van der Waals surface area (Å²) in [7, 11) is -0.0167. The molecule has 1 aromatic carbocycles. The van der Waals surface area contributed by atoms with Crippen molar-refractivity contribution in [3.8, 4) is 5.75 Å². The van der Waals surface area contributed by atoms with E-state index in [9.17, 15) is 9.59 Å². The summed E-state index contributed by atoms with van der Waals surface area (Å²) < 4.78 is 9.92. The number of anilines is 1. The number of hydrogen-bond acceptors (Lipinski definition) is 5. The molecule has 0 saturated heterocycles. The third-order valence-corrected chi connectivity index (χ3v) is 12.5. The van der Waals surface area contributed by atoms with Gasteiger partial charge in [0, 0.05) is 17.5 Å². The molecule has 1 rings (SSSR count). The van der Waals surface area contributed by atoms with Gasteiger partial charge in [-0.2, -0.15) is 0 Å². The number of amides is 1. The second-order valence-electron chi connectivity index (χ2n) is 6.73. The van der Waals surface area contributed by atoms with Crippen LogP contribution < -0.4 is 10.1 Å². The van der Waals surface area contributed by atoms with Gasteiger partial charge in [-0.25, -0.2) is 4.79 Å². The van der Waals surface area contributed by atoms with Crippen molar-refractivity contribution in [3.63, 3.8) is 0 Å². The zero-order chi connectivity index (χ0) is 17.8. The Labute approximate surface area is 142 Å². The fraction of sp³-hybridized carbons (Fsp3) is 0.500. The van der Waals surface area contributed by atoms with Gasteiger partial charge >= 0.3 is 12.1 Å². The molecule has 0 spiro atoms. The van der Waals surface area contributed by atoms with Gasteiger partial charge in [0.05, 0.1) is 7.11 Å². The molecule has 1 amide bonds. The number of carbonyl (C=O) groups excluding carboxylic acids is 2. The van der Waals surface area contributed by atoms with E-state index in [1.807, 2.05) is 17.3 Å². The Kier molecular flexibility index (Phi) is 6.30. The lowest BCUT2D eigenvalue weighted by Gasteiger charge is -2.36. The van der Waals surface area contributed by atoms with Gasteiger partial charge in [-0.05, 0) is 23.2 Å². The summed E-state index contributed by atoms with van der Waals surface area (Å²) in [5.41, 5.74) is 0.568. The van der Waals surface area contributed by atoms with Crippen LogP contribution >= 0.6 is 11.2 Å². The molecule has 0 radical (unpaired) electrons. The zero-order valence-electron chi connectivity index (χ0n) is 14.8. The molecule has 0 aliphatic heterocycles. The molecule has 128 valence electrons. The monoisotopic (exact) mass is 355 g/mol. The maximum Gasteiger partial charge on any atom is 0.419 e. The number of esters is 1. The zero-order valence-corrected chi connectivity index (χ0v) is 16.6. The van der Waals surface area contributed by atoms with Crippen molar-refractivity contribution in [2.45, 2.75) is 50.7 Å². The van der Waals surface area contributed by atoms with Gasteiger partial charge in [0.2, 0.25) is 0 Å². The minimum atomic E-state index is -1.64. The molecule has 0 aliphatic rings. The Morgan fingerprint density at radius 3 is 2.30 bits per heavy atom. The van der Waals surface area contributed by atoms with Crippen molar-refractivity contribution in [2.75, 3.05) is 12.4 Å². The number of carbonyl (C=O) groups is 2. The van der Waals surface area contributed by atoms with Crippen molar-refractivity contribution < 1.29 is 19.1 Å². The lowest BCUT2D eigenvalue weighted by Crippen LogP contribution is -2.33. The second-order valence-corrected chi connectivity index (χ2v) is 15.6. The predicted octanol–water partition coefficient (Wildman–Crippen LogP) is 4.89. The van der Waals surface area contributed by atoms with E-state index >= 15 is 0 Å². The highest BCUT2D eigenvalue weighted by atomic mass is 32.4. The van der Waals surface area contributed by atoms with Crippen LogP contribution in [0.3, 0.4) is 0 Å². The predicted molar refractivity (Wildman–Crippen MR) is 96.8 cm³/mol. The molecule has 0 unspecified atom stereocenters. The third kappa shape index (κ3) is 5.58. The minimum absolute atomic E-state index is 0.208. The van der Waals surface area contributed by atoms with Crippen molar-refractivity contribution in [1.29, 1.82) is 0 Å². The smallest absolute Gasteiger partial charge is 0.419 e. The first-order chi connectivity index (χ1) is 10.5. The maximum absolute atomic E-state index is 11.5. The summed E-state index contributed by atoms with van der Waals surface area (Å²) in [6.07, 6.45) is -0.786. The Balaban J connectivity index is 3.04. The van der Waals surface area contributed by atoms with Gasteiger partial charge in [-0.15, -0.1) is 11.2 Å². The first kappa shape index (κ1) is 19.6. The molecular formula is C16H25NO4SSi. The molecule has 0 aromatic heterocycles. The summed E-state index contributed by atoms with van der Waals surface area (Å²) >= 11 is 1.81. The fourth-order valence-corrected chi connectivity index (χ4v) is 5.88. The molecular weight excluding hydrogens is 330 g/mol. The van der Waals surface area contributed by atoms with Crippen LogP contribution in [-0.4, -0.2) is 26.4 Å².